The first-order valence-electron chi connectivity index (χ1n) is 6.94. The molecule has 0 radical (unpaired) electrons. The highest BCUT2D eigenvalue weighted by atomic mass is 19.2. The van der Waals surface area contributed by atoms with E-state index in [1.165, 1.54) is 12.1 Å². The number of halogens is 2. The molecule has 1 fully saturated rings. The molecular formula is C15H14F2N2O. The maximum Gasteiger partial charge on any atom is 0.223 e. The predicted octanol–water partition coefficient (Wildman–Crippen LogP) is 3.06. The summed E-state index contributed by atoms with van der Waals surface area (Å²) in [4.78, 5) is 17.1. The fourth-order valence-electron chi connectivity index (χ4n) is 3.55. The number of carbonyl (C=O) groups excluding carboxylic acids is 1. The van der Waals surface area contributed by atoms with E-state index < -0.39 is 11.6 Å². The topological polar surface area (TPSA) is 36.1 Å². The second-order valence-corrected chi connectivity index (χ2v) is 5.57. The minimum absolute atomic E-state index is 0.0403. The summed E-state index contributed by atoms with van der Waals surface area (Å²) < 4.78 is 26.8. The number of piperidine rings is 1. The Morgan fingerprint density at radius 2 is 2.00 bits per heavy atom. The van der Waals surface area contributed by atoms with Crippen LogP contribution in [-0.4, -0.2) is 22.3 Å². The molecule has 20 heavy (non-hydrogen) atoms. The van der Waals surface area contributed by atoms with Crippen LogP contribution < -0.4 is 0 Å². The van der Waals surface area contributed by atoms with E-state index in [0.717, 1.165) is 29.5 Å². The van der Waals surface area contributed by atoms with Crippen molar-refractivity contribution in [2.24, 2.45) is 0 Å². The quantitative estimate of drug-likeness (QED) is 0.788. The lowest BCUT2D eigenvalue weighted by atomic mass is 9.90. The molecule has 0 bridgehead atoms. The molecule has 2 aliphatic rings. The second-order valence-electron chi connectivity index (χ2n) is 5.57. The Hall–Kier alpha value is -1.91. The lowest BCUT2D eigenvalue weighted by Crippen LogP contribution is -2.42. The predicted molar refractivity (Wildman–Crippen MR) is 70.2 cm³/mol. The Labute approximate surface area is 114 Å². The van der Waals surface area contributed by atoms with Crippen molar-refractivity contribution >= 4 is 16.8 Å². The van der Waals surface area contributed by atoms with Gasteiger partial charge >= 0.3 is 0 Å². The third kappa shape index (κ3) is 1.52. The Balaban J connectivity index is 1.90. The number of amides is 1. The highest BCUT2D eigenvalue weighted by Crippen LogP contribution is 2.40. The number of hydrogen-bond donors (Lipinski definition) is 1. The molecule has 5 heteroatoms. The fraction of sp³-hybridized carbons (Fsp3) is 0.400. The van der Waals surface area contributed by atoms with Crippen LogP contribution in [0.3, 0.4) is 0 Å². The van der Waals surface area contributed by atoms with Gasteiger partial charge in [-0.3, -0.25) is 4.79 Å². The van der Waals surface area contributed by atoms with E-state index in [9.17, 15) is 13.6 Å². The smallest absolute Gasteiger partial charge is 0.223 e. The first-order valence-corrected chi connectivity index (χ1v) is 6.94. The van der Waals surface area contributed by atoms with Crippen molar-refractivity contribution < 1.29 is 13.6 Å². The standard InChI is InChI=1S/C15H14F2N2O/c16-10-6-9-8-4-5-19-13(2-1-3-14(19)20)15(8)18-12(9)7-11(10)17/h6-7,13,18H,1-5H2/t13-/m0/s1. The van der Waals surface area contributed by atoms with Gasteiger partial charge in [0.25, 0.3) is 0 Å². The molecule has 2 aromatic rings. The molecule has 1 saturated heterocycles. The highest BCUT2D eigenvalue weighted by molar-refractivity contribution is 5.86. The van der Waals surface area contributed by atoms with Crippen molar-refractivity contribution in [1.82, 2.24) is 9.88 Å². The third-order valence-electron chi connectivity index (χ3n) is 4.48. The summed E-state index contributed by atoms with van der Waals surface area (Å²) in [5, 5.41) is 0.747. The summed E-state index contributed by atoms with van der Waals surface area (Å²) in [6.07, 6.45) is 3.09. The minimum Gasteiger partial charge on any atom is -0.356 e. The average Bonchev–Trinajstić information content (AvgIpc) is 2.78. The number of carbonyl (C=O) groups is 1. The maximum atomic E-state index is 13.4. The molecule has 1 aromatic carbocycles. The van der Waals surface area contributed by atoms with Gasteiger partial charge in [0.05, 0.1) is 6.04 Å². The highest BCUT2D eigenvalue weighted by Gasteiger charge is 2.35. The molecule has 1 atom stereocenters. The van der Waals surface area contributed by atoms with Crippen LogP contribution in [0.4, 0.5) is 8.78 Å². The summed E-state index contributed by atoms with van der Waals surface area (Å²) in [6, 6.07) is 2.51. The van der Waals surface area contributed by atoms with E-state index >= 15 is 0 Å². The van der Waals surface area contributed by atoms with Crippen LogP contribution in [0, 0.1) is 11.6 Å². The molecule has 0 saturated carbocycles. The van der Waals surface area contributed by atoms with E-state index in [1.807, 2.05) is 4.90 Å². The Bertz CT molecular complexity index is 722. The van der Waals surface area contributed by atoms with E-state index in [0.29, 0.717) is 24.9 Å². The number of rotatable bonds is 0. The normalized spacial score (nSPS) is 22.0. The van der Waals surface area contributed by atoms with Crippen LogP contribution in [0.2, 0.25) is 0 Å². The zero-order valence-electron chi connectivity index (χ0n) is 10.9. The Morgan fingerprint density at radius 3 is 2.85 bits per heavy atom. The first kappa shape index (κ1) is 11.9. The van der Waals surface area contributed by atoms with Crippen LogP contribution in [-0.2, 0) is 11.2 Å². The van der Waals surface area contributed by atoms with Crippen LogP contribution in [0.15, 0.2) is 12.1 Å². The zero-order valence-corrected chi connectivity index (χ0v) is 10.9. The number of nitrogens with zero attached hydrogens (tertiary/aromatic N) is 1. The van der Waals surface area contributed by atoms with Crippen molar-refractivity contribution in [3.8, 4) is 0 Å². The minimum atomic E-state index is -0.840. The van der Waals surface area contributed by atoms with Gasteiger partial charge in [0.2, 0.25) is 5.91 Å². The van der Waals surface area contributed by atoms with Crippen molar-refractivity contribution in [3.05, 3.63) is 35.0 Å². The molecule has 1 aromatic heterocycles. The van der Waals surface area contributed by atoms with Gasteiger partial charge in [-0.05, 0) is 30.9 Å². The van der Waals surface area contributed by atoms with Crippen molar-refractivity contribution in [2.75, 3.05) is 6.54 Å². The molecule has 0 spiro atoms. The van der Waals surface area contributed by atoms with E-state index in [1.54, 1.807) is 0 Å². The summed E-state index contributed by atoms with van der Waals surface area (Å²) in [7, 11) is 0. The molecule has 1 N–H and O–H groups in total. The van der Waals surface area contributed by atoms with Crippen LogP contribution >= 0.6 is 0 Å². The van der Waals surface area contributed by atoms with Crippen LogP contribution in [0.5, 0.6) is 0 Å². The number of hydrogen-bond acceptors (Lipinski definition) is 1. The Morgan fingerprint density at radius 1 is 1.20 bits per heavy atom. The van der Waals surface area contributed by atoms with Crippen LogP contribution in [0.25, 0.3) is 10.9 Å². The van der Waals surface area contributed by atoms with Gasteiger partial charge < -0.3 is 9.88 Å². The lowest BCUT2D eigenvalue weighted by molar-refractivity contribution is -0.137. The molecule has 3 nitrogen and oxygen atoms in total. The van der Waals surface area contributed by atoms with E-state index in [4.69, 9.17) is 0 Å². The lowest BCUT2D eigenvalue weighted by Gasteiger charge is -2.39. The van der Waals surface area contributed by atoms with Gasteiger partial charge in [-0.15, -0.1) is 0 Å². The van der Waals surface area contributed by atoms with Crippen molar-refractivity contribution in [3.63, 3.8) is 0 Å². The SMILES string of the molecule is O=C1CCC[C@H]2c3[nH]c4cc(F)c(F)cc4c3CCN12. The summed E-state index contributed by atoms with van der Waals surface area (Å²) >= 11 is 0. The van der Waals surface area contributed by atoms with Gasteiger partial charge in [0, 0.05) is 35.6 Å². The van der Waals surface area contributed by atoms with Gasteiger partial charge in [-0.1, -0.05) is 0 Å². The van der Waals surface area contributed by atoms with Crippen LogP contribution in [0.1, 0.15) is 36.6 Å². The first-order chi connectivity index (χ1) is 9.65. The molecule has 0 unspecified atom stereocenters. The number of nitrogens with one attached hydrogen (secondary N) is 1. The number of aromatic amines is 1. The van der Waals surface area contributed by atoms with Gasteiger partial charge in [0.1, 0.15) is 0 Å². The van der Waals surface area contributed by atoms with Gasteiger partial charge in [0.15, 0.2) is 11.6 Å². The van der Waals surface area contributed by atoms with Crippen molar-refractivity contribution in [1.29, 1.82) is 0 Å². The molecule has 3 heterocycles. The van der Waals surface area contributed by atoms with Gasteiger partial charge in [-0.2, -0.15) is 0 Å². The number of aromatic nitrogens is 1. The molecule has 104 valence electrons. The molecule has 1 amide bonds. The Kier molecular flexibility index (Phi) is 2.40. The molecule has 2 aliphatic heterocycles. The molecular weight excluding hydrogens is 262 g/mol. The largest absolute Gasteiger partial charge is 0.356 e. The third-order valence-corrected chi connectivity index (χ3v) is 4.48. The van der Waals surface area contributed by atoms with E-state index in [2.05, 4.69) is 4.98 Å². The number of H-pyrrole nitrogens is 1. The average molecular weight is 276 g/mol. The number of fused-ring (bicyclic) bond motifs is 5. The molecule has 0 aliphatic carbocycles. The summed E-state index contributed by atoms with van der Waals surface area (Å²) in [5.41, 5.74) is 2.62. The number of benzene rings is 1. The maximum absolute atomic E-state index is 13.4. The monoisotopic (exact) mass is 276 g/mol. The molecule has 4 rings (SSSR count). The summed E-state index contributed by atoms with van der Waals surface area (Å²) in [5.74, 6) is -1.47. The van der Waals surface area contributed by atoms with E-state index in [-0.39, 0.29) is 11.9 Å². The fourth-order valence-corrected chi connectivity index (χ4v) is 3.55. The second kappa shape index (κ2) is 4.04. The summed E-state index contributed by atoms with van der Waals surface area (Å²) in [6.45, 7) is 0.669. The van der Waals surface area contributed by atoms with Crippen molar-refractivity contribution in [2.45, 2.75) is 31.7 Å². The zero-order chi connectivity index (χ0) is 13.9. The van der Waals surface area contributed by atoms with Gasteiger partial charge in [-0.25, -0.2) is 8.78 Å².